The van der Waals surface area contributed by atoms with E-state index in [1.165, 1.54) is 0 Å². The summed E-state index contributed by atoms with van der Waals surface area (Å²) in [6, 6.07) is 0. The van der Waals surface area contributed by atoms with Gasteiger partial charge in [-0.1, -0.05) is 6.92 Å². The molecule has 4 aromatic rings. The zero-order valence-corrected chi connectivity index (χ0v) is 16.4. The summed E-state index contributed by atoms with van der Waals surface area (Å²) in [4.78, 5) is 59.5. The van der Waals surface area contributed by atoms with E-state index in [0.29, 0.717) is 0 Å². The number of aromatic nitrogens is 9. The standard InChI is InChI=1S/C19H13N9O4/c1-2-9-3-20-12(21-4-9)15-26-16(13-22-5-10(6-23-13)18(29)30)28-17(27-15)14-24-7-11(8-25-14)19(31)32/h3-8H,2H2,1H3,(H,29,30)(H,31,32). The van der Waals surface area contributed by atoms with Gasteiger partial charge in [0, 0.05) is 37.2 Å². The molecule has 0 fully saturated rings. The molecule has 158 valence electrons. The second-order valence-electron chi connectivity index (χ2n) is 6.28. The third kappa shape index (κ3) is 4.21. The molecule has 13 heteroatoms. The number of carbonyl (C=O) groups is 2. The lowest BCUT2D eigenvalue weighted by atomic mass is 10.3. The number of hydrogen-bond acceptors (Lipinski definition) is 11. The summed E-state index contributed by atoms with van der Waals surface area (Å²) in [6.45, 7) is 1.97. The predicted octanol–water partition coefficient (Wildman–Crippen LogP) is 1.20. The minimum Gasteiger partial charge on any atom is -0.478 e. The summed E-state index contributed by atoms with van der Waals surface area (Å²) in [5.74, 6) is -1.97. The fourth-order valence-corrected chi connectivity index (χ4v) is 2.44. The Balaban J connectivity index is 1.83. The van der Waals surface area contributed by atoms with E-state index < -0.39 is 11.9 Å². The van der Waals surface area contributed by atoms with Gasteiger partial charge >= 0.3 is 11.9 Å². The van der Waals surface area contributed by atoms with Crippen LogP contribution in [0, 0.1) is 0 Å². The van der Waals surface area contributed by atoms with Gasteiger partial charge in [-0.2, -0.15) is 0 Å². The maximum atomic E-state index is 11.1. The normalized spacial score (nSPS) is 10.7. The number of aryl methyl sites for hydroxylation is 1. The van der Waals surface area contributed by atoms with Crippen molar-refractivity contribution in [1.82, 2.24) is 44.9 Å². The van der Waals surface area contributed by atoms with Gasteiger partial charge in [-0.15, -0.1) is 0 Å². The SMILES string of the molecule is CCc1cnc(-c2nc(-c3ncc(C(=O)O)cn3)nc(-c3ncc(C(=O)O)cn3)n2)nc1. The second-order valence-corrected chi connectivity index (χ2v) is 6.28. The summed E-state index contributed by atoms with van der Waals surface area (Å²) in [6.07, 6.45) is 8.53. The quantitative estimate of drug-likeness (QED) is 0.443. The minimum absolute atomic E-state index is 0.0102. The zero-order chi connectivity index (χ0) is 22.7. The third-order valence-corrected chi connectivity index (χ3v) is 4.15. The summed E-state index contributed by atoms with van der Waals surface area (Å²) in [5, 5.41) is 18.1. The lowest BCUT2D eigenvalue weighted by Gasteiger charge is -2.06. The summed E-state index contributed by atoms with van der Waals surface area (Å²) in [5.41, 5.74) is 0.715. The third-order valence-electron chi connectivity index (χ3n) is 4.15. The van der Waals surface area contributed by atoms with E-state index >= 15 is 0 Å². The molecule has 0 saturated carbocycles. The highest BCUT2D eigenvalue weighted by Crippen LogP contribution is 2.19. The van der Waals surface area contributed by atoms with Crippen LogP contribution in [0.2, 0.25) is 0 Å². The molecule has 0 aliphatic carbocycles. The van der Waals surface area contributed by atoms with Gasteiger partial charge in [0.05, 0.1) is 11.1 Å². The van der Waals surface area contributed by atoms with Crippen molar-refractivity contribution < 1.29 is 19.8 Å². The molecule has 0 spiro atoms. The maximum Gasteiger partial charge on any atom is 0.338 e. The Morgan fingerprint density at radius 1 is 0.594 bits per heavy atom. The van der Waals surface area contributed by atoms with E-state index in [0.717, 1.165) is 36.8 Å². The Bertz CT molecular complexity index is 1220. The maximum absolute atomic E-state index is 11.1. The fourth-order valence-electron chi connectivity index (χ4n) is 2.44. The summed E-state index contributed by atoms with van der Waals surface area (Å²) in [7, 11) is 0. The van der Waals surface area contributed by atoms with E-state index in [4.69, 9.17) is 10.2 Å². The molecule has 4 rings (SSSR count). The molecule has 0 amide bonds. The Morgan fingerprint density at radius 3 is 1.19 bits per heavy atom. The van der Waals surface area contributed by atoms with Crippen LogP contribution in [0.5, 0.6) is 0 Å². The van der Waals surface area contributed by atoms with Crippen LogP contribution >= 0.6 is 0 Å². The highest BCUT2D eigenvalue weighted by molar-refractivity contribution is 5.87. The van der Waals surface area contributed by atoms with Gasteiger partial charge in [0.25, 0.3) is 0 Å². The van der Waals surface area contributed by atoms with Crippen LogP contribution in [0.25, 0.3) is 34.9 Å². The van der Waals surface area contributed by atoms with Crippen molar-refractivity contribution >= 4 is 11.9 Å². The average Bonchev–Trinajstić information content (AvgIpc) is 2.84. The molecular weight excluding hydrogens is 418 g/mol. The van der Waals surface area contributed by atoms with Gasteiger partial charge in [0.1, 0.15) is 0 Å². The summed E-state index contributed by atoms with van der Waals surface area (Å²) >= 11 is 0. The van der Waals surface area contributed by atoms with E-state index in [-0.39, 0.29) is 46.1 Å². The van der Waals surface area contributed by atoms with Crippen LogP contribution in [-0.4, -0.2) is 67.0 Å². The lowest BCUT2D eigenvalue weighted by Crippen LogP contribution is -2.07. The van der Waals surface area contributed by atoms with Crippen molar-refractivity contribution in [2.45, 2.75) is 13.3 Å². The molecule has 4 aromatic heterocycles. The molecule has 13 nitrogen and oxygen atoms in total. The molecule has 2 N–H and O–H groups in total. The molecule has 0 unspecified atom stereocenters. The highest BCUT2D eigenvalue weighted by atomic mass is 16.4. The van der Waals surface area contributed by atoms with Crippen LogP contribution in [-0.2, 0) is 6.42 Å². The molecule has 0 aliphatic rings. The molecule has 0 saturated heterocycles. The van der Waals surface area contributed by atoms with E-state index in [2.05, 4.69) is 44.9 Å². The monoisotopic (exact) mass is 431 g/mol. The predicted molar refractivity (Wildman–Crippen MR) is 106 cm³/mol. The second kappa shape index (κ2) is 8.51. The van der Waals surface area contributed by atoms with Crippen molar-refractivity contribution in [3.63, 3.8) is 0 Å². The summed E-state index contributed by atoms with van der Waals surface area (Å²) < 4.78 is 0. The fraction of sp³-hybridized carbons (Fsp3) is 0.105. The molecule has 0 bridgehead atoms. The average molecular weight is 431 g/mol. The van der Waals surface area contributed by atoms with Crippen molar-refractivity contribution in [1.29, 1.82) is 0 Å². The number of carboxylic acids is 2. The van der Waals surface area contributed by atoms with Crippen molar-refractivity contribution in [2.75, 3.05) is 0 Å². The number of aromatic carboxylic acids is 2. The van der Waals surface area contributed by atoms with Crippen LogP contribution in [0.4, 0.5) is 0 Å². The Hall–Kier alpha value is -4.81. The first-order chi connectivity index (χ1) is 15.4. The van der Waals surface area contributed by atoms with Crippen LogP contribution in [0.15, 0.2) is 37.2 Å². The minimum atomic E-state index is -1.18. The van der Waals surface area contributed by atoms with E-state index in [1.807, 2.05) is 6.92 Å². The van der Waals surface area contributed by atoms with Crippen molar-refractivity contribution in [2.24, 2.45) is 0 Å². The highest BCUT2D eigenvalue weighted by Gasteiger charge is 2.18. The molecule has 32 heavy (non-hydrogen) atoms. The molecular formula is C19H13N9O4. The Labute approximate surface area is 179 Å². The van der Waals surface area contributed by atoms with Crippen molar-refractivity contribution in [3.8, 4) is 34.9 Å². The number of nitrogens with zero attached hydrogens (tertiary/aromatic N) is 9. The lowest BCUT2D eigenvalue weighted by molar-refractivity contribution is 0.0685. The van der Waals surface area contributed by atoms with Gasteiger partial charge in [0.2, 0.25) is 17.5 Å². The van der Waals surface area contributed by atoms with E-state index in [1.54, 1.807) is 12.4 Å². The number of rotatable bonds is 6. The Morgan fingerprint density at radius 2 is 0.906 bits per heavy atom. The van der Waals surface area contributed by atoms with E-state index in [9.17, 15) is 9.59 Å². The molecule has 0 radical (unpaired) electrons. The smallest absolute Gasteiger partial charge is 0.338 e. The van der Waals surface area contributed by atoms with Gasteiger partial charge in [-0.05, 0) is 12.0 Å². The molecule has 4 heterocycles. The van der Waals surface area contributed by atoms with Crippen molar-refractivity contribution in [3.05, 3.63) is 53.9 Å². The van der Waals surface area contributed by atoms with Gasteiger partial charge in [-0.3, -0.25) is 0 Å². The van der Waals surface area contributed by atoms with Crippen LogP contribution in [0.1, 0.15) is 33.2 Å². The first kappa shape index (κ1) is 20.5. The first-order valence-corrected chi connectivity index (χ1v) is 9.13. The van der Waals surface area contributed by atoms with Gasteiger partial charge in [0.15, 0.2) is 17.5 Å². The van der Waals surface area contributed by atoms with Gasteiger partial charge < -0.3 is 10.2 Å². The Kier molecular flexibility index (Phi) is 5.44. The molecule has 0 aromatic carbocycles. The molecule has 0 aliphatic heterocycles. The number of hydrogen-bond donors (Lipinski definition) is 2. The van der Waals surface area contributed by atoms with Crippen LogP contribution in [0.3, 0.4) is 0 Å². The number of carboxylic acid groups (broad SMARTS) is 2. The topological polar surface area (TPSA) is 191 Å². The van der Waals surface area contributed by atoms with Gasteiger partial charge in [-0.25, -0.2) is 54.4 Å². The molecule has 0 atom stereocenters. The van der Waals surface area contributed by atoms with Crippen LogP contribution < -0.4 is 0 Å². The zero-order valence-electron chi connectivity index (χ0n) is 16.4. The largest absolute Gasteiger partial charge is 0.478 e. The first-order valence-electron chi connectivity index (χ1n) is 9.13.